The molecule has 9 nitrogen and oxygen atoms in total. The van der Waals surface area contributed by atoms with Gasteiger partial charge in [0.05, 0.1) is 24.6 Å². The predicted molar refractivity (Wildman–Crippen MR) is 131 cm³/mol. The lowest BCUT2D eigenvalue weighted by Gasteiger charge is -2.31. The number of nitrogen functional groups attached to an aromatic ring is 1. The van der Waals surface area contributed by atoms with E-state index in [1.807, 2.05) is 30.5 Å². The maximum atomic E-state index is 12.8. The van der Waals surface area contributed by atoms with Crippen LogP contribution in [0.15, 0.2) is 67.0 Å². The topological polar surface area (TPSA) is 111 Å². The van der Waals surface area contributed by atoms with Crippen LogP contribution in [0.3, 0.4) is 0 Å². The summed E-state index contributed by atoms with van der Waals surface area (Å²) in [5, 5.41) is 7.62. The van der Waals surface area contributed by atoms with Crippen molar-refractivity contribution in [3.8, 4) is 17.1 Å². The molecule has 1 saturated heterocycles. The quantitative estimate of drug-likeness (QED) is 0.475. The average Bonchev–Trinajstić information content (AvgIpc) is 3.37. The lowest BCUT2D eigenvalue weighted by molar-refractivity contribution is 0.102. The second-order valence-corrected chi connectivity index (χ2v) is 8.04. The Labute approximate surface area is 197 Å². The van der Waals surface area contributed by atoms with E-state index >= 15 is 0 Å². The Morgan fingerprint density at radius 1 is 1.09 bits per heavy atom. The first-order chi connectivity index (χ1) is 16.6. The number of amides is 1. The van der Waals surface area contributed by atoms with E-state index in [0.29, 0.717) is 43.5 Å². The number of anilines is 3. The van der Waals surface area contributed by atoms with E-state index in [-0.39, 0.29) is 11.7 Å². The number of carbonyl (C=O) groups excluding carboxylic acids is 1. The molecule has 5 rings (SSSR count). The Kier molecular flexibility index (Phi) is 5.92. The third-order valence-electron chi connectivity index (χ3n) is 5.64. The standard InChI is InChI=1S/C25H25N7O2/c1-17-5-4-6-18(15-17)19-8-10-32(30-19)22-16-21(31-11-13-34-14-12-31)23(24(26)28-22)29-25(33)20-7-2-3-9-27-20/h2-10,15-16H,11-14H2,1H3,(H2,26,28)(H,29,33). The van der Waals surface area contributed by atoms with Crippen LogP contribution in [0.2, 0.25) is 0 Å². The first-order valence-corrected chi connectivity index (χ1v) is 11.1. The number of benzene rings is 1. The molecule has 0 aliphatic carbocycles. The minimum atomic E-state index is -0.350. The minimum absolute atomic E-state index is 0.205. The second-order valence-electron chi connectivity index (χ2n) is 8.04. The molecule has 0 radical (unpaired) electrons. The fraction of sp³-hybridized carbons (Fsp3) is 0.200. The van der Waals surface area contributed by atoms with Gasteiger partial charge in [-0.25, -0.2) is 9.67 Å². The predicted octanol–water partition coefficient (Wildman–Crippen LogP) is 3.31. The van der Waals surface area contributed by atoms with Crippen molar-refractivity contribution in [1.82, 2.24) is 19.7 Å². The number of hydrogen-bond donors (Lipinski definition) is 2. The van der Waals surface area contributed by atoms with Crippen LogP contribution in [-0.4, -0.2) is 52.0 Å². The van der Waals surface area contributed by atoms with Crippen LogP contribution in [-0.2, 0) is 4.74 Å². The van der Waals surface area contributed by atoms with Gasteiger partial charge in [-0.15, -0.1) is 0 Å². The van der Waals surface area contributed by atoms with Gasteiger partial charge in [0.15, 0.2) is 11.6 Å². The summed E-state index contributed by atoms with van der Waals surface area (Å²) < 4.78 is 7.21. The zero-order valence-corrected chi connectivity index (χ0v) is 18.8. The number of rotatable bonds is 5. The van der Waals surface area contributed by atoms with E-state index < -0.39 is 0 Å². The fourth-order valence-electron chi connectivity index (χ4n) is 3.92. The smallest absolute Gasteiger partial charge is 0.274 e. The number of morpholine rings is 1. The molecule has 1 aliphatic heterocycles. The van der Waals surface area contributed by atoms with Crippen LogP contribution < -0.4 is 16.0 Å². The zero-order chi connectivity index (χ0) is 23.5. The summed E-state index contributed by atoms with van der Waals surface area (Å²) in [6.45, 7) is 4.57. The Morgan fingerprint density at radius 3 is 2.71 bits per heavy atom. The first kappa shape index (κ1) is 21.6. The summed E-state index contributed by atoms with van der Waals surface area (Å²) in [4.78, 5) is 23.6. The number of carbonyl (C=O) groups is 1. The molecule has 0 saturated carbocycles. The van der Waals surface area contributed by atoms with Crippen LogP contribution in [0.5, 0.6) is 0 Å². The number of nitrogens with two attached hydrogens (primary N) is 1. The van der Waals surface area contributed by atoms with E-state index in [2.05, 4.69) is 39.2 Å². The molecule has 0 spiro atoms. The molecule has 0 atom stereocenters. The summed E-state index contributed by atoms with van der Waals surface area (Å²) in [7, 11) is 0. The number of aromatic nitrogens is 4. The first-order valence-electron chi connectivity index (χ1n) is 11.1. The second kappa shape index (κ2) is 9.32. The Morgan fingerprint density at radius 2 is 1.94 bits per heavy atom. The van der Waals surface area contributed by atoms with Gasteiger partial charge in [0.1, 0.15) is 11.4 Å². The van der Waals surface area contributed by atoms with Crippen LogP contribution in [0.1, 0.15) is 16.1 Å². The molecule has 1 fully saturated rings. The van der Waals surface area contributed by atoms with Gasteiger partial charge in [0, 0.05) is 37.1 Å². The van der Waals surface area contributed by atoms with Gasteiger partial charge in [-0.2, -0.15) is 5.10 Å². The molecule has 34 heavy (non-hydrogen) atoms. The zero-order valence-electron chi connectivity index (χ0n) is 18.8. The third kappa shape index (κ3) is 4.46. The Bertz CT molecular complexity index is 1310. The van der Waals surface area contributed by atoms with Gasteiger partial charge >= 0.3 is 0 Å². The van der Waals surface area contributed by atoms with Crippen molar-refractivity contribution < 1.29 is 9.53 Å². The summed E-state index contributed by atoms with van der Waals surface area (Å²) in [6, 6.07) is 17.2. The largest absolute Gasteiger partial charge is 0.382 e. The van der Waals surface area contributed by atoms with Gasteiger partial charge in [-0.05, 0) is 31.2 Å². The summed E-state index contributed by atoms with van der Waals surface area (Å²) in [5.74, 6) is 0.418. The summed E-state index contributed by atoms with van der Waals surface area (Å²) in [5.41, 5.74) is 10.9. The van der Waals surface area contributed by atoms with E-state index in [4.69, 9.17) is 15.6 Å². The highest BCUT2D eigenvalue weighted by Gasteiger charge is 2.22. The molecule has 0 bridgehead atoms. The number of pyridine rings is 2. The van der Waals surface area contributed by atoms with Gasteiger partial charge < -0.3 is 20.7 Å². The number of aryl methyl sites for hydroxylation is 1. The molecule has 172 valence electrons. The van der Waals surface area contributed by atoms with E-state index in [9.17, 15) is 4.79 Å². The molecule has 1 amide bonds. The molecular weight excluding hydrogens is 430 g/mol. The van der Waals surface area contributed by atoms with Crippen LogP contribution in [0.25, 0.3) is 17.1 Å². The van der Waals surface area contributed by atoms with E-state index in [1.165, 1.54) is 0 Å². The number of nitrogens with zero attached hydrogens (tertiary/aromatic N) is 5. The molecule has 3 N–H and O–H groups in total. The van der Waals surface area contributed by atoms with Crippen molar-refractivity contribution in [1.29, 1.82) is 0 Å². The van der Waals surface area contributed by atoms with Crippen molar-refractivity contribution in [2.24, 2.45) is 0 Å². The van der Waals surface area contributed by atoms with Gasteiger partial charge in [0.25, 0.3) is 5.91 Å². The van der Waals surface area contributed by atoms with Gasteiger partial charge in [-0.3, -0.25) is 9.78 Å². The molecule has 3 aromatic heterocycles. The fourth-order valence-corrected chi connectivity index (χ4v) is 3.92. The highest BCUT2D eigenvalue weighted by Crippen LogP contribution is 2.34. The minimum Gasteiger partial charge on any atom is -0.382 e. The van der Waals surface area contributed by atoms with Crippen molar-refractivity contribution in [2.45, 2.75) is 6.92 Å². The van der Waals surface area contributed by atoms with Crippen LogP contribution >= 0.6 is 0 Å². The maximum Gasteiger partial charge on any atom is 0.274 e. The van der Waals surface area contributed by atoms with Crippen LogP contribution in [0, 0.1) is 6.92 Å². The van der Waals surface area contributed by atoms with Crippen molar-refractivity contribution in [3.63, 3.8) is 0 Å². The normalized spacial score (nSPS) is 13.6. The number of hydrogen-bond acceptors (Lipinski definition) is 7. The highest BCUT2D eigenvalue weighted by molar-refractivity contribution is 6.06. The molecular formula is C25H25N7O2. The lowest BCUT2D eigenvalue weighted by atomic mass is 10.1. The molecule has 4 heterocycles. The third-order valence-corrected chi connectivity index (χ3v) is 5.64. The van der Waals surface area contributed by atoms with Crippen molar-refractivity contribution in [2.75, 3.05) is 42.3 Å². The number of ether oxygens (including phenoxy) is 1. The average molecular weight is 456 g/mol. The molecule has 4 aromatic rings. The van der Waals surface area contributed by atoms with Crippen molar-refractivity contribution >= 4 is 23.1 Å². The maximum absolute atomic E-state index is 12.8. The Balaban J connectivity index is 1.52. The monoisotopic (exact) mass is 455 g/mol. The van der Waals surface area contributed by atoms with Gasteiger partial charge in [-0.1, -0.05) is 29.8 Å². The Hall–Kier alpha value is -4.24. The lowest BCUT2D eigenvalue weighted by Crippen LogP contribution is -2.37. The highest BCUT2D eigenvalue weighted by atomic mass is 16.5. The summed E-state index contributed by atoms with van der Waals surface area (Å²) in [6.07, 6.45) is 3.43. The number of nitrogens with one attached hydrogen (secondary N) is 1. The van der Waals surface area contributed by atoms with Gasteiger partial charge in [0.2, 0.25) is 0 Å². The molecule has 1 aliphatic rings. The summed E-state index contributed by atoms with van der Waals surface area (Å²) >= 11 is 0. The van der Waals surface area contributed by atoms with Crippen molar-refractivity contribution in [3.05, 3.63) is 78.2 Å². The molecule has 9 heteroatoms. The van der Waals surface area contributed by atoms with Crippen LogP contribution in [0.4, 0.5) is 17.2 Å². The molecule has 1 aromatic carbocycles. The molecule has 0 unspecified atom stereocenters. The van der Waals surface area contributed by atoms with E-state index in [1.54, 1.807) is 29.1 Å². The SMILES string of the molecule is Cc1cccc(-c2ccn(-c3cc(N4CCOCC4)c(NC(=O)c4ccccn4)c(N)n3)n2)c1. The van der Waals surface area contributed by atoms with E-state index in [0.717, 1.165) is 22.5 Å².